The van der Waals surface area contributed by atoms with Crippen LogP contribution in [0.15, 0.2) is 72.8 Å². The number of aromatic nitrogens is 3. The van der Waals surface area contributed by atoms with Crippen LogP contribution < -0.4 is 10.2 Å². The van der Waals surface area contributed by atoms with Crippen molar-refractivity contribution in [1.82, 2.24) is 20.3 Å². The molecule has 0 bridgehead atoms. The molecule has 2 atom stereocenters. The number of rotatable bonds is 5. The van der Waals surface area contributed by atoms with E-state index in [4.69, 9.17) is 0 Å². The molecule has 2 amide bonds. The SMILES string of the molecule is O=C(NC1CC(=O)N(c2ccc3c(c2)nnn3-c2ccc(F)cc2)C1c1ccccc1)C1CC1. The van der Waals surface area contributed by atoms with Gasteiger partial charge in [-0.15, -0.1) is 5.10 Å². The van der Waals surface area contributed by atoms with Gasteiger partial charge in [-0.25, -0.2) is 9.07 Å². The molecule has 1 aliphatic carbocycles. The molecule has 0 spiro atoms. The highest BCUT2D eigenvalue weighted by Crippen LogP contribution is 2.39. The lowest BCUT2D eigenvalue weighted by molar-refractivity contribution is -0.123. The number of halogens is 1. The Labute approximate surface area is 195 Å². The largest absolute Gasteiger partial charge is 0.350 e. The van der Waals surface area contributed by atoms with Gasteiger partial charge in [0.1, 0.15) is 11.3 Å². The highest BCUT2D eigenvalue weighted by Gasteiger charge is 2.44. The van der Waals surface area contributed by atoms with E-state index in [1.54, 1.807) is 21.7 Å². The summed E-state index contributed by atoms with van der Waals surface area (Å²) in [6.07, 6.45) is 2.05. The molecule has 2 unspecified atom stereocenters. The fourth-order valence-electron chi connectivity index (χ4n) is 4.68. The van der Waals surface area contributed by atoms with Crippen LogP contribution in [0.2, 0.25) is 0 Å². The average Bonchev–Trinajstić information content (AvgIpc) is 3.55. The Morgan fingerprint density at radius 1 is 0.971 bits per heavy atom. The maximum absolute atomic E-state index is 13.3. The van der Waals surface area contributed by atoms with E-state index in [1.807, 2.05) is 48.5 Å². The first-order valence-corrected chi connectivity index (χ1v) is 11.4. The summed E-state index contributed by atoms with van der Waals surface area (Å²) in [6.45, 7) is 0. The zero-order chi connectivity index (χ0) is 23.2. The van der Waals surface area contributed by atoms with Gasteiger partial charge in [0.15, 0.2) is 0 Å². The van der Waals surface area contributed by atoms with E-state index in [0.29, 0.717) is 16.9 Å². The summed E-state index contributed by atoms with van der Waals surface area (Å²) in [4.78, 5) is 27.5. The standard InChI is InChI=1S/C26H22FN5O2/c27-18-8-10-19(11-9-18)32-23-13-12-20(14-21(23)29-30-32)31-24(33)15-22(28-26(34)17-6-7-17)25(31)16-4-2-1-3-5-16/h1-5,8-14,17,22,25H,6-7,15H2,(H,28,34). The average molecular weight is 455 g/mol. The van der Waals surface area contributed by atoms with Gasteiger partial charge in [-0.1, -0.05) is 35.5 Å². The summed E-state index contributed by atoms with van der Waals surface area (Å²) in [6, 6.07) is 20.7. The molecular formula is C26H22FN5O2. The normalized spacial score (nSPS) is 20.1. The van der Waals surface area contributed by atoms with E-state index < -0.39 is 0 Å². The zero-order valence-corrected chi connectivity index (χ0v) is 18.3. The van der Waals surface area contributed by atoms with Gasteiger partial charge in [-0.3, -0.25) is 9.59 Å². The number of hydrogen-bond acceptors (Lipinski definition) is 4. The van der Waals surface area contributed by atoms with Gasteiger partial charge in [0.25, 0.3) is 0 Å². The number of fused-ring (bicyclic) bond motifs is 1. The molecular weight excluding hydrogens is 433 g/mol. The number of anilines is 1. The summed E-state index contributed by atoms with van der Waals surface area (Å²) in [7, 11) is 0. The molecule has 1 saturated heterocycles. The van der Waals surface area contributed by atoms with Crippen molar-refractivity contribution in [1.29, 1.82) is 0 Å². The minimum atomic E-state index is -0.321. The minimum absolute atomic E-state index is 0.0262. The number of amides is 2. The lowest BCUT2D eigenvalue weighted by Crippen LogP contribution is -2.40. The van der Waals surface area contributed by atoms with E-state index in [-0.39, 0.29) is 42.1 Å². The molecule has 0 radical (unpaired) electrons. The molecule has 2 fully saturated rings. The molecule has 1 saturated carbocycles. The molecule has 1 aromatic heterocycles. The molecule has 170 valence electrons. The molecule has 1 aliphatic heterocycles. The number of nitrogens with zero attached hydrogens (tertiary/aromatic N) is 4. The van der Waals surface area contributed by atoms with Gasteiger partial charge in [0.05, 0.1) is 23.3 Å². The van der Waals surface area contributed by atoms with E-state index >= 15 is 0 Å². The second kappa shape index (κ2) is 8.06. The quantitative estimate of drug-likeness (QED) is 0.495. The van der Waals surface area contributed by atoms with Crippen LogP contribution in [-0.2, 0) is 9.59 Å². The summed E-state index contributed by atoms with van der Waals surface area (Å²) in [5, 5.41) is 11.6. The van der Waals surface area contributed by atoms with Crippen molar-refractivity contribution in [3.05, 3.63) is 84.2 Å². The Morgan fingerprint density at radius 3 is 2.44 bits per heavy atom. The van der Waals surface area contributed by atoms with Gasteiger partial charge in [-0.05, 0) is 60.9 Å². The van der Waals surface area contributed by atoms with Crippen LogP contribution in [0.5, 0.6) is 0 Å². The van der Waals surface area contributed by atoms with Crippen molar-refractivity contribution in [2.75, 3.05) is 4.90 Å². The Bertz CT molecular complexity index is 1380. The van der Waals surface area contributed by atoms with E-state index in [0.717, 1.165) is 23.9 Å². The Hall–Kier alpha value is -4.07. The third kappa shape index (κ3) is 3.61. The first-order valence-electron chi connectivity index (χ1n) is 11.4. The van der Waals surface area contributed by atoms with Crippen LogP contribution in [0.4, 0.5) is 10.1 Å². The Morgan fingerprint density at radius 2 is 1.71 bits per heavy atom. The number of carbonyl (C=O) groups is 2. The second-order valence-corrected chi connectivity index (χ2v) is 8.86. The smallest absolute Gasteiger partial charge is 0.229 e. The maximum atomic E-state index is 13.3. The van der Waals surface area contributed by atoms with Crippen LogP contribution >= 0.6 is 0 Å². The topological polar surface area (TPSA) is 80.1 Å². The lowest BCUT2D eigenvalue weighted by atomic mass is 9.99. The van der Waals surface area contributed by atoms with E-state index in [9.17, 15) is 14.0 Å². The van der Waals surface area contributed by atoms with Crippen LogP contribution in [0.25, 0.3) is 16.7 Å². The minimum Gasteiger partial charge on any atom is -0.350 e. The Balaban J connectivity index is 1.37. The van der Waals surface area contributed by atoms with Crippen molar-refractivity contribution in [3.63, 3.8) is 0 Å². The molecule has 4 aromatic rings. The predicted molar refractivity (Wildman–Crippen MR) is 125 cm³/mol. The third-order valence-electron chi connectivity index (χ3n) is 6.52. The van der Waals surface area contributed by atoms with E-state index in [2.05, 4.69) is 15.6 Å². The van der Waals surface area contributed by atoms with Gasteiger partial charge in [0.2, 0.25) is 11.8 Å². The van der Waals surface area contributed by atoms with Crippen molar-refractivity contribution >= 4 is 28.5 Å². The summed E-state index contributed by atoms with van der Waals surface area (Å²) in [5.74, 6) is -0.282. The summed E-state index contributed by atoms with van der Waals surface area (Å²) < 4.78 is 15.0. The predicted octanol–water partition coefficient (Wildman–Crippen LogP) is 3.93. The fraction of sp³-hybridized carbons (Fsp3) is 0.231. The first-order chi connectivity index (χ1) is 16.6. The molecule has 1 N–H and O–H groups in total. The fourth-order valence-corrected chi connectivity index (χ4v) is 4.68. The molecule has 7 nitrogen and oxygen atoms in total. The van der Waals surface area contributed by atoms with Gasteiger partial charge in [0, 0.05) is 18.0 Å². The number of carbonyl (C=O) groups excluding carboxylic acids is 2. The highest BCUT2D eigenvalue weighted by molar-refractivity contribution is 5.99. The number of hydrogen-bond donors (Lipinski definition) is 1. The molecule has 6 rings (SSSR count). The molecule has 8 heteroatoms. The molecule has 2 heterocycles. The summed E-state index contributed by atoms with van der Waals surface area (Å²) >= 11 is 0. The summed E-state index contributed by atoms with van der Waals surface area (Å²) in [5.41, 5.74) is 3.72. The number of nitrogens with one attached hydrogen (secondary N) is 1. The zero-order valence-electron chi connectivity index (χ0n) is 18.3. The highest BCUT2D eigenvalue weighted by atomic mass is 19.1. The van der Waals surface area contributed by atoms with Crippen molar-refractivity contribution in [3.8, 4) is 5.69 Å². The van der Waals surface area contributed by atoms with Crippen LogP contribution in [0.3, 0.4) is 0 Å². The lowest BCUT2D eigenvalue weighted by Gasteiger charge is -2.29. The Kier molecular flexibility index (Phi) is 4.86. The molecule has 3 aromatic carbocycles. The second-order valence-electron chi connectivity index (χ2n) is 8.86. The van der Waals surface area contributed by atoms with E-state index in [1.165, 1.54) is 12.1 Å². The van der Waals surface area contributed by atoms with Crippen molar-refractivity contribution < 1.29 is 14.0 Å². The molecule has 34 heavy (non-hydrogen) atoms. The number of benzene rings is 3. The van der Waals surface area contributed by atoms with Crippen molar-refractivity contribution in [2.24, 2.45) is 5.92 Å². The monoisotopic (exact) mass is 455 g/mol. The van der Waals surface area contributed by atoms with Gasteiger partial charge in [-0.2, -0.15) is 0 Å². The van der Waals surface area contributed by atoms with Gasteiger partial charge >= 0.3 is 0 Å². The van der Waals surface area contributed by atoms with Crippen LogP contribution in [0, 0.1) is 11.7 Å². The third-order valence-corrected chi connectivity index (χ3v) is 6.52. The van der Waals surface area contributed by atoms with Gasteiger partial charge < -0.3 is 10.2 Å². The molecule has 2 aliphatic rings. The van der Waals surface area contributed by atoms with Crippen LogP contribution in [0.1, 0.15) is 30.9 Å². The first kappa shape index (κ1) is 20.5. The van der Waals surface area contributed by atoms with Crippen molar-refractivity contribution in [2.45, 2.75) is 31.3 Å². The maximum Gasteiger partial charge on any atom is 0.229 e. The van der Waals surface area contributed by atoms with Crippen LogP contribution in [-0.4, -0.2) is 32.9 Å².